The number of fused-ring (bicyclic) bond motifs is 2. The highest BCUT2D eigenvalue weighted by molar-refractivity contribution is 5.99. The second kappa shape index (κ2) is 18.1. The van der Waals surface area contributed by atoms with Crippen molar-refractivity contribution in [2.24, 2.45) is 0 Å². The largest absolute Gasteiger partial charge is 0.493 e. The maximum absolute atomic E-state index is 13.9. The molecule has 6 heterocycles. The molecule has 328 valence electrons. The van der Waals surface area contributed by atoms with Crippen LogP contribution in [0.15, 0.2) is 109 Å². The van der Waals surface area contributed by atoms with Crippen LogP contribution in [0.3, 0.4) is 0 Å². The van der Waals surface area contributed by atoms with Gasteiger partial charge < -0.3 is 28.4 Å². The number of imidazole rings is 2. The number of carbonyl (C=O) groups excluding carboxylic acids is 2. The summed E-state index contributed by atoms with van der Waals surface area (Å²) in [4.78, 5) is 39.2. The Morgan fingerprint density at radius 1 is 0.594 bits per heavy atom. The highest BCUT2D eigenvalue weighted by Crippen LogP contribution is 2.41. The molecule has 4 aliphatic rings. The van der Waals surface area contributed by atoms with Crippen LogP contribution in [0.5, 0.6) is 11.5 Å². The van der Waals surface area contributed by atoms with E-state index in [4.69, 9.17) is 9.47 Å². The van der Waals surface area contributed by atoms with Crippen molar-refractivity contribution in [1.29, 1.82) is 0 Å². The van der Waals surface area contributed by atoms with Crippen LogP contribution in [-0.2, 0) is 9.59 Å². The van der Waals surface area contributed by atoms with Crippen LogP contribution in [0, 0.1) is 39.3 Å². The first kappa shape index (κ1) is 42.5. The fourth-order valence-corrected chi connectivity index (χ4v) is 9.49. The molecule has 64 heavy (non-hydrogen) atoms. The van der Waals surface area contributed by atoms with E-state index in [9.17, 15) is 18.4 Å². The lowest BCUT2D eigenvalue weighted by Gasteiger charge is -2.38. The lowest BCUT2D eigenvalue weighted by molar-refractivity contribution is -0.132. The normalized spacial score (nSPS) is 19.7. The molecule has 4 aromatic carbocycles. The molecule has 6 aromatic rings. The third kappa shape index (κ3) is 8.86. The number of likely N-dealkylation sites (tertiary alicyclic amines) is 2. The highest BCUT2D eigenvalue weighted by Gasteiger charge is 2.35. The monoisotopic (exact) mass is 862 g/mol. The van der Waals surface area contributed by atoms with Gasteiger partial charge in [-0.2, -0.15) is 0 Å². The number of aromatic nitrogens is 4. The van der Waals surface area contributed by atoms with E-state index in [0.717, 1.165) is 93.0 Å². The molecule has 0 radical (unpaired) electrons. The Labute approximate surface area is 372 Å². The third-order valence-electron chi connectivity index (χ3n) is 12.6. The summed E-state index contributed by atoms with van der Waals surface area (Å²) >= 11 is 0. The number of aryl methyl sites for hydroxylation is 4. The van der Waals surface area contributed by atoms with Gasteiger partial charge in [0.05, 0.1) is 49.3 Å². The number of rotatable bonds is 6. The summed E-state index contributed by atoms with van der Waals surface area (Å²) < 4.78 is 43.2. The fourth-order valence-electron chi connectivity index (χ4n) is 9.49. The zero-order valence-electron chi connectivity index (χ0n) is 36.7. The molecule has 0 bridgehead atoms. The quantitative estimate of drug-likeness (QED) is 0.155. The Hall–Kier alpha value is -6.82. The summed E-state index contributed by atoms with van der Waals surface area (Å²) in [6.07, 6.45) is 16.2. The van der Waals surface area contributed by atoms with Crippen molar-refractivity contribution in [3.8, 4) is 22.9 Å². The van der Waals surface area contributed by atoms with Gasteiger partial charge in [-0.15, -0.1) is 0 Å². The van der Waals surface area contributed by atoms with Gasteiger partial charge in [-0.05, 0) is 148 Å². The van der Waals surface area contributed by atoms with Gasteiger partial charge in [0.25, 0.3) is 0 Å². The van der Waals surface area contributed by atoms with Crippen LogP contribution < -0.4 is 9.47 Å². The minimum Gasteiger partial charge on any atom is -0.493 e. The molecular weight excluding hydrogens is 811 g/mol. The minimum absolute atomic E-state index is 0.0327. The van der Waals surface area contributed by atoms with E-state index in [0.29, 0.717) is 50.6 Å². The van der Waals surface area contributed by atoms with Crippen molar-refractivity contribution in [3.63, 3.8) is 0 Å². The number of ether oxygens (including phenoxy) is 2. The van der Waals surface area contributed by atoms with Crippen LogP contribution in [0.1, 0.15) is 95.4 Å². The molecule has 0 aliphatic carbocycles. The van der Waals surface area contributed by atoms with Gasteiger partial charge in [0, 0.05) is 72.0 Å². The van der Waals surface area contributed by atoms with Crippen LogP contribution in [0.4, 0.5) is 8.78 Å². The second-order valence-electron chi connectivity index (χ2n) is 17.2. The average molecular weight is 863 g/mol. The van der Waals surface area contributed by atoms with E-state index < -0.39 is 0 Å². The van der Waals surface area contributed by atoms with E-state index in [-0.39, 0.29) is 35.5 Å². The van der Waals surface area contributed by atoms with Gasteiger partial charge in [-0.25, -0.2) is 18.7 Å². The first-order valence-corrected chi connectivity index (χ1v) is 22.1. The number of hydrogen-bond acceptors (Lipinski definition) is 6. The summed E-state index contributed by atoms with van der Waals surface area (Å²) in [6.45, 7) is 10.5. The van der Waals surface area contributed by atoms with Gasteiger partial charge >= 0.3 is 0 Å². The smallest absolute Gasteiger partial charge is 0.250 e. The maximum Gasteiger partial charge on any atom is 0.250 e. The lowest BCUT2D eigenvalue weighted by atomic mass is 9.93. The van der Waals surface area contributed by atoms with Crippen LogP contribution >= 0.6 is 0 Å². The van der Waals surface area contributed by atoms with E-state index in [1.165, 1.54) is 24.3 Å². The average Bonchev–Trinajstić information content (AvgIpc) is 3.92. The first-order valence-electron chi connectivity index (χ1n) is 22.1. The van der Waals surface area contributed by atoms with Crippen molar-refractivity contribution in [3.05, 3.63) is 165 Å². The molecule has 0 unspecified atom stereocenters. The Kier molecular flexibility index (Phi) is 12.0. The number of benzene rings is 4. The van der Waals surface area contributed by atoms with E-state index in [2.05, 4.69) is 48.1 Å². The number of hydrogen-bond donors (Lipinski definition) is 0. The Morgan fingerprint density at radius 2 is 1.03 bits per heavy atom. The molecule has 2 fully saturated rings. The zero-order chi connectivity index (χ0) is 44.5. The van der Waals surface area contributed by atoms with Crippen LogP contribution in [-0.4, -0.2) is 67.0 Å². The van der Waals surface area contributed by atoms with Crippen molar-refractivity contribution < 1.29 is 27.8 Å². The summed E-state index contributed by atoms with van der Waals surface area (Å²) in [5, 5.41) is 0. The van der Waals surface area contributed by atoms with Gasteiger partial charge in [-0.1, -0.05) is 12.1 Å². The molecule has 10 rings (SSSR count). The topological polar surface area (TPSA) is 94.7 Å². The van der Waals surface area contributed by atoms with Gasteiger partial charge in [0.15, 0.2) is 0 Å². The molecule has 12 heteroatoms. The predicted octanol–water partition coefficient (Wildman–Crippen LogP) is 10.3. The molecule has 2 saturated heterocycles. The van der Waals surface area contributed by atoms with Crippen molar-refractivity contribution in [2.45, 2.75) is 78.3 Å². The third-order valence-corrected chi connectivity index (χ3v) is 12.6. The SMILES string of the molecule is Cc1cn(-c2ccc(/C=C3\CCCN([C@@H]4CCOc5ccc(F)cc54)C3=O)cc2C)cn1.Cc1cn(-c2ccc(/C=C3\CCCN([C@H]4CCOc5ccc(F)cc54)C3=O)cc2C)cn1. The summed E-state index contributed by atoms with van der Waals surface area (Å²) in [5.74, 6) is 0.807. The maximum atomic E-state index is 13.9. The standard InChI is InChI=1S/2C26H26FN3O2/c2*1-17-12-19(5-7-23(17)29-15-18(2)28-16-29)13-20-4-3-10-30(26(20)31)24-9-11-32-25-8-6-21(27)14-22(24)25/h2*5-8,12-16,24H,3-4,9-11H2,1-2H3/b2*20-13+/t2*24-/m10/s1. The van der Waals surface area contributed by atoms with E-state index in [1.807, 2.05) is 82.1 Å². The molecule has 2 aromatic heterocycles. The van der Waals surface area contributed by atoms with Gasteiger partial charge in [-0.3, -0.25) is 9.59 Å². The minimum atomic E-state index is -0.303. The Morgan fingerprint density at radius 3 is 1.42 bits per heavy atom. The number of piperidine rings is 2. The number of nitrogens with zero attached hydrogens (tertiary/aromatic N) is 6. The van der Waals surface area contributed by atoms with Crippen LogP contribution in [0.2, 0.25) is 0 Å². The van der Waals surface area contributed by atoms with Crippen molar-refractivity contribution in [1.82, 2.24) is 28.9 Å². The Bertz CT molecular complexity index is 2620. The van der Waals surface area contributed by atoms with Crippen molar-refractivity contribution >= 4 is 24.0 Å². The number of halogens is 2. The summed E-state index contributed by atoms with van der Waals surface area (Å²) in [7, 11) is 0. The summed E-state index contributed by atoms with van der Waals surface area (Å²) in [5.41, 5.74) is 11.5. The molecule has 0 saturated carbocycles. The van der Waals surface area contributed by atoms with Crippen LogP contribution in [0.25, 0.3) is 23.5 Å². The molecule has 2 amide bonds. The lowest BCUT2D eigenvalue weighted by Crippen LogP contribution is -2.41. The fraction of sp³-hybridized carbons (Fsp3) is 0.308. The molecule has 4 aliphatic heterocycles. The van der Waals surface area contributed by atoms with Gasteiger partial charge in [0.2, 0.25) is 11.8 Å². The van der Waals surface area contributed by atoms with Crippen molar-refractivity contribution in [2.75, 3.05) is 26.3 Å². The Balaban J connectivity index is 0.000000162. The predicted molar refractivity (Wildman–Crippen MR) is 242 cm³/mol. The van der Waals surface area contributed by atoms with E-state index in [1.54, 1.807) is 12.1 Å². The molecular formula is C52H52F2N6O4. The van der Waals surface area contributed by atoms with Gasteiger partial charge in [0.1, 0.15) is 23.1 Å². The molecule has 0 spiro atoms. The number of carbonyl (C=O) groups is 2. The van der Waals surface area contributed by atoms with E-state index >= 15 is 0 Å². The summed E-state index contributed by atoms with van der Waals surface area (Å²) in [6, 6.07) is 21.2. The molecule has 10 nitrogen and oxygen atoms in total. The number of amides is 2. The highest BCUT2D eigenvalue weighted by atomic mass is 19.1. The zero-order valence-corrected chi connectivity index (χ0v) is 36.7. The molecule has 2 atom stereocenters. The molecule has 0 N–H and O–H groups in total. The first-order chi connectivity index (χ1) is 31.0. The second-order valence-corrected chi connectivity index (χ2v) is 17.2.